The van der Waals surface area contributed by atoms with Crippen molar-refractivity contribution in [3.8, 4) is 11.5 Å². The fourth-order valence-electron chi connectivity index (χ4n) is 4.84. The number of hydrogen-bond acceptors (Lipinski definition) is 6. The second-order valence-electron chi connectivity index (χ2n) is 8.71. The number of carbonyl (C=O) groups excluding carboxylic acids is 1. The second-order valence-corrected chi connectivity index (χ2v) is 8.71. The van der Waals surface area contributed by atoms with Gasteiger partial charge in [0.15, 0.2) is 11.5 Å². The number of rotatable bonds is 8. The van der Waals surface area contributed by atoms with E-state index in [2.05, 4.69) is 10.2 Å². The van der Waals surface area contributed by atoms with Crippen molar-refractivity contribution in [3.05, 3.63) is 24.3 Å². The van der Waals surface area contributed by atoms with Crippen LogP contribution in [-0.2, 0) is 9.47 Å². The van der Waals surface area contributed by atoms with Crippen LogP contribution in [-0.4, -0.2) is 93.7 Å². The zero-order chi connectivity index (χ0) is 22.2. The summed E-state index contributed by atoms with van der Waals surface area (Å²) in [5.41, 5.74) is 0. The second kappa shape index (κ2) is 11.7. The predicted molar refractivity (Wildman–Crippen MR) is 121 cm³/mol. The summed E-state index contributed by atoms with van der Waals surface area (Å²) in [5, 5.41) is 3.21. The van der Waals surface area contributed by atoms with Gasteiger partial charge in [0.2, 0.25) is 0 Å². The van der Waals surface area contributed by atoms with E-state index in [9.17, 15) is 4.79 Å². The molecule has 3 aliphatic heterocycles. The Balaban J connectivity index is 1.25. The first-order chi connectivity index (χ1) is 15.7. The molecule has 178 valence electrons. The molecular weight excluding hydrogens is 410 g/mol. The lowest BCUT2D eigenvalue weighted by Crippen LogP contribution is -2.54. The van der Waals surface area contributed by atoms with Gasteiger partial charge in [-0.3, -0.25) is 4.90 Å². The van der Waals surface area contributed by atoms with Crippen LogP contribution in [0.25, 0.3) is 0 Å². The van der Waals surface area contributed by atoms with Crippen LogP contribution in [0.2, 0.25) is 0 Å². The topological polar surface area (TPSA) is 72.5 Å². The van der Waals surface area contributed by atoms with Crippen molar-refractivity contribution in [2.75, 3.05) is 65.8 Å². The number of nitrogens with one attached hydrogen (secondary N) is 1. The Morgan fingerprint density at radius 1 is 1.06 bits per heavy atom. The third-order valence-electron chi connectivity index (χ3n) is 6.66. The molecule has 0 saturated carbocycles. The maximum atomic E-state index is 12.9. The number of ether oxygens (including phenoxy) is 4. The van der Waals surface area contributed by atoms with Gasteiger partial charge in [-0.2, -0.15) is 0 Å². The summed E-state index contributed by atoms with van der Waals surface area (Å²) < 4.78 is 23.0. The van der Waals surface area contributed by atoms with Gasteiger partial charge in [0.05, 0.1) is 26.4 Å². The summed E-state index contributed by atoms with van der Waals surface area (Å²) in [6, 6.07) is 8.12. The van der Waals surface area contributed by atoms with Gasteiger partial charge in [-0.15, -0.1) is 0 Å². The Bertz CT molecular complexity index is 713. The Hall–Kier alpha value is -2.03. The zero-order valence-electron chi connectivity index (χ0n) is 19.2. The summed E-state index contributed by atoms with van der Waals surface area (Å²) in [7, 11) is 0. The average Bonchev–Trinajstić information content (AvgIpc) is 3.36. The molecule has 2 atom stereocenters. The summed E-state index contributed by atoms with van der Waals surface area (Å²) in [4.78, 5) is 17.3. The van der Waals surface area contributed by atoms with Crippen molar-refractivity contribution >= 4 is 6.03 Å². The quantitative estimate of drug-likeness (QED) is 0.660. The largest absolute Gasteiger partial charge is 0.490 e. The fourth-order valence-corrected chi connectivity index (χ4v) is 4.84. The third kappa shape index (κ3) is 6.05. The van der Waals surface area contributed by atoms with E-state index in [4.69, 9.17) is 18.9 Å². The summed E-state index contributed by atoms with van der Waals surface area (Å²) >= 11 is 0. The van der Waals surface area contributed by atoms with E-state index < -0.39 is 0 Å². The van der Waals surface area contributed by atoms with Gasteiger partial charge in [-0.1, -0.05) is 12.1 Å². The molecule has 0 radical (unpaired) electrons. The number of para-hydroxylation sites is 2. The summed E-state index contributed by atoms with van der Waals surface area (Å²) in [5.74, 6) is 2.03. The van der Waals surface area contributed by atoms with Gasteiger partial charge in [0.25, 0.3) is 0 Å². The highest BCUT2D eigenvalue weighted by molar-refractivity contribution is 5.74. The highest BCUT2D eigenvalue weighted by Gasteiger charge is 2.32. The molecule has 8 heteroatoms. The molecule has 32 heavy (non-hydrogen) atoms. The van der Waals surface area contributed by atoms with Crippen molar-refractivity contribution in [1.82, 2.24) is 15.1 Å². The highest BCUT2D eigenvalue weighted by atomic mass is 16.5. The molecule has 0 aromatic heterocycles. The van der Waals surface area contributed by atoms with Crippen LogP contribution in [0.15, 0.2) is 24.3 Å². The van der Waals surface area contributed by atoms with Crippen LogP contribution in [0.5, 0.6) is 11.5 Å². The molecule has 0 bridgehead atoms. The number of amides is 2. The molecule has 1 N–H and O–H groups in total. The monoisotopic (exact) mass is 447 g/mol. The minimum absolute atomic E-state index is 0.0235. The summed E-state index contributed by atoms with van der Waals surface area (Å²) in [6.45, 7) is 9.59. The molecule has 2 unspecified atom stereocenters. The van der Waals surface area contributed by atoms with E-state index in [0.717, 1.165) is 70.3 Å². The maximum absolute atomic E-state index is 12.9. The lowest BCUT2D eigenvalue weighted by Gasteiger charge is -2.38. The molecule has 3 saturated heterocycles. The van der Waals surface area contributed by atoms with Crippen molar-refractivity contribution < 1.29 is 23.7 Å². The number of nitrogens with zero attached hydrogens (tertiary/aromatic N) is 2. The molecule has 2 amide bonds. The first kappa shape index (κ1) is 23.1. The van der Waals surface area contributed by atoms with E-state index in [0.29, 0.717) is 38.2 Å². The Labute approximate surface area is 191 Å². The van der Waals surface area contributed by atoms with Crippen LogP contribution in [0, 0.1) is 5.92 Å². The number of benzene rings is 1. The van der Waals surface area contributed by atoms with Crippen molar-refractivity contribution in [2.45, 2.75) is 38.3 Å². The van der Waals surface area contributed by atoms with Crippen molar-refractivity contribution in [1.29, 1.82) is 0 Å². The average molecular weight is 448 g/mol. The Kier molecular flexibility index (Phi) is 8.48. The standard InChI is InChI=1S/C24H37N3O5/c1-2-31-22-5-3-4-6-23(22)32-20-7-10-27(11-8-20)24(28)25-17-21(19-9-14-30-18-19)26-12-15-29-16-13-26/h3-6,19-21H,2,7-18H2,1H3,(H,25,28). The van der Waals surface area contributed by atoms with Gasteiger partial charge in [0, 0.05) is 64.1 Å². The highest BCUT2D eigenvalue weighted by Crippen LogP contribution is 2.29. The molecule has 1 aromatic carbocycles. The molecule has 1 aromatic rings. The van der Waals surface area contributed by atoms with E-state index in [1.807, 2.05) is 36.1 Å². The number of hydrogen-bond donors (Lipinski definition) is 1. The van der Waals surface area contributed by atoms with Gasteiger partial charge in [-0.25, -0.2) is 4.79 Å². The number of piperidine rings is 1. The predicted octanol–water partition coefficient (Wildman–Crippen LogP) is 2.38. The normalized spacial score (nSPS) is 23.7. The van der Waals surface area contributed by atoms with Crippen LogP contribution in [0.3, 0.4) is 0 Å². The smallest absolute Gasteiger partial charge is 0.317 e. The summed E-state index contributed by atoms with van der Waals surface area (Å²) in [6.07, 6.45) is 2.79. The van der Waals surface area contributed by atoms with Crippen LogP contribution < -0.4 is 14.8 Å². The number of morpholine rings is 1. The van der Waals surface area contributed by atoms with E-state index in [-0.39, 0.29) is 12.1 Å². The van der Waals surface area contributed by atoms with Crippen LogP contribution in [0.4, 0.5) is 4.79 Å². The third-order valence-corrected chi connectivity index (χ3v) is 6.66. The van der Waals surface area contributed by atoms with Crippen LogP contribution >= 0.6 is 0 Å². The van der Waals surface area contributed by atoms with Crippen molar-refractivity contribution in [3.63, 3.8) is 0 Å². The SMILES string of the molecule is CCOc1ccccc1OC1CCN(C(=O)NCC(C2CCOC2)N2CCOCC2)CC1. The van der Waals surface area contributed by atoms with E-state index in [1.165, 1.54) is 0 Å². The molecule has 3 aliphatic rings. The van der Waals surface area contributed by atoms with Gasteiger partial charge < -0.3 is 29.2 Å². The van der Waals surface area contributed by atoms with E-state index in [1.54, 1.807) is 0 Å². The van der Waals surface area contributed by atoms with Crippen LogP contribution in [0.1, 0.15) is 26.2 Å². The first-order valence-corrected chi connectivity index (χ1v) is 12.1. The fraction of sp³-hybridized carbons (Fsp3) is 0.708. The Morgan fingerprint density at radius 2 is 1.81 bits per heavy atom. The molecule has 8 nitrogen and oxygen atoms in total. The molecule has 0 aliphatic carbocycles. The lowest BCUT2D eigenvalue weighted by molar-refractivity contribution is 0.00173. The Morgan fingerprint density at radius 3 is 2.50 bits per heavy atom. The zero-order valence-corrected chi connectivity index (χ0v) is 19.2. The first-order valence-electron chi connectivity index (χ1n) is 12.1. The number of urea groups is 1. The molecule has 3 heterocycles. The minimum Gasteiger partial charge on any atom is -0.490 e. The van der Waals surface area contributed by atoms with Gasteiger partial charge in [0.1, 0.15) is 6.10 Å². The molecule has 0 spiro atoms. The van der Waals surface area contributed by atoms with Gasteiger partial charge in [-0.05, 0) is 25.5 Å². The van der Waals surface area contributed by atoms with E-state index >= 15 is 0 Å². The van der Waals surface area contributed by atoms with Gasteiger partial charge >= 0.3 is 6.03 Å². The molecule has 4 rings (SSSR count). The maximum Gasteiger partial charge on any atom is 0.317 e. The minimum atomic E-state index is 0.0235. The lowest BCUT2D eigenvalue weighted by atomic mass is 9.97. The molecule has 3 fully saturated rings. The number of likely N-dealkylation sites (tertiary alicyclic amines) is 1. The molecular formula is C24H37N3O5. The van der Waals surface area contributed by atoms with Crippen molar-refractivity contribution in [2.24, 2.45) is 5.92 Å². The number of carbonyl (C=O) groups is 1.